The van der Waals surface area contributed by atoms with Crippen LogP contribution in [0.2, 0.25) is 0 Å². The zero-order valence-corrected chi connectivity index (χ0v) is 12.1. The molecule has 2 saturated carbocycles. The molecule has 0 radical (unpaired) electrons. The smallest absolute Gasteiger partial charge is 0.317 e. The Morgan fingerprint density at radius 1 is 0.800 bits per heavy atom. The Balaban J connectivity index is 1.40. The lowest BCUT2D eigenvalue weighted by molar-refractivity contribution is -0.126. The van der Waals surface area contributed by atoms with Crippen LogP contribution in [0.1, 0.15) is 51.4 Å². The Kier molecular flexibility index (Phi) is 4.13. The number of carbonyl (C=O) groups excluding carboxylic acids is 2. The van der Waals surface area contributed by atoms with Gasteiger partial charge < -0.3 is 15.5 Å². The van der Waals surface area contributed by atoms with E-state index in [4.69, 9.17) is 0 Å². The van der Waals surface area contributed by atoms with Crippen LogP contribution in [-0.2, 0) is 4.79 Å². The molecular formula is C15H25N3O2. The standard InChI is InChI=1S/C15H25N3O2/c19-14(16-12-3-1-2-4-12)11-7-9-18(10-8-11)15(20)17-13-5-6-13/h11-13H,1-10H2,(H,16,19)(H,17,20). The van der Waals surface area contributed by atoms with Crippen molar-refractivity contribution in [3.8, 4) is 0 Å². The number of carbonyl (C=O) groups is 2. The van der Waals surface area contributed by atoms with E-state index in [0.717, 1.165) is 38.5 Å². The molecule has 0 bridgehead atoms. The van der Waals surface area contributed by atoms with Gasteiger partial charge in [-0.2, -0.15) is 0 Å². The minimum atomic E-state index is 0.0575. The minimum absolute atomic E-state index is 0.0575. The van der Waals surface area contributed by atoms with E-state index >= 15 is 0 Å². The summed E-state index contributed by atoms with van der Waals surface area (Å²) in [5.41, 5.74) is 0. The summed E-state index contributed by atoms with van der Waals surface area (Å²) in [5, 5.41) is 6.19. The normalized spacial score (nSPS) is 24.7. The Morgan fingerprint density at radius 2 is 1.40 bits per heavy atom. The number of nitrogens with one attached hydrogen (secondary N) is 2. The molecule has 2 aliphatic carbocycles. The summed E-state index contributed by atoms with van der Waals surface area (Å²) in [6.07, 6.45) is 8.59. The predicted molar refractivity (Wildman–Crippen MR) is 76.2 cm³/mol. The van der Waals surface area contributed by atoms with Gasteiger partial charge in [0.05, 0.1) is 0 Å². The highest BCUT2D eigenvalue weighted by atomic mass is 16.2. The molecule has 5 heteroatoms. The maximum atomic E-state index is 12.2. The van der Waals surface area contributed by atoms with Gasteiger partial charge in [-0.1, -0.05) is 12.8 Å². The van der Waals surface area contributed by atoms with Gasteiger partial charge >= 0.3 is 6.03 Å². The van der Waals surface area contributed by atoms with E-state index in [1.807, 2.05) is 4.90 Å². The number of hydrogen-bond acceptors (Lipinski definition) is 2. The fourth-order valence-corrected chi connectivity index (χ4v) is 3.23. The van der Waals surface area contributed by atoms with Gasteiger partial charge in [-0.3, -0.25) is 4.79 Å². The molecule has 0 atom stereocenters. The predicted octanol–water partition coefficient (Wildman–Crippen LogP) is 1.63. The fraction of sp³-hybridized carbons (Fsp3) is 0.867. The molecule has 112 valence electrons. The molecule has 3 aliphatic rings. The van der Waals surface area contributed by atoms with Gasteiger partial charge in [-0.25, -0.2) is 4.79 Å². The van der Waals surface area contributed by atoms with Crippen molar-refractivity contribution in [2.45, 2.75) is 63.5 Å². The van der Waals surface area contributed by atoms with Crippen molar-refractivity contribution in [3.63, 3.8) is 0 Å². The molecule has 0 unspecified atom stereocenters. The van der Waals surface area contributed by atoms with Crippen molar-refractivity contribution in [2.75, 3.05) is 13.1 Å². The van der Waals surface area contributed by atoms with E-state index in [2.05, 4.69) is 10.6 Å². The van der Waals surface area contributed by atoms with Crippen LogP contribution in [0.4, 0.5) is 4.79 Å². The van der Waals surface area contributed by atoms with Crippen LogP contribution in [0.15, 0.2) is 0 Å². The third-order valence-corrected chi connectivity index (χ3v) is 4.76. The average molecular weight is 279 g/mol. The third-order valence-electron chi connectivity index (χ3n) is 4.76. The van der Waals surface area contributed by atoms with Crippen LogP contribution in [0.5, 0.6) is 0 Å². The van der Waals surface area contributed by atoms with Crippen LogP contribution in [0, 0.1) is 5.92 Å². The fourth-order valence-electron chi connectivity index (χ4n) is 3.23. The molecule has 0 aromatic heterocycles. The van der Waals surface area contributed by atoms with E-state index in [1.165, 1.54) is 12.8 Å². The summed E-state index contributed by atoms with van der Waals surface area (Å²) in [7, 11) is 0. The largest absolute Gasteiger partial charge is 0.353 e. The lowest BCUT2D eigenvalue weighted by atomic mass is 9.95. The third kappa shape index (κ3) is 3.44. The molecule has 0 aromatic rings. The Morgan fingerprint density at radius 3 is 2.00 bits per heavy atom. The van der Waals surface area contributed by atoms with Gasteiger partial charge in [0.1, 0.15) is 0 Å². The summed E-state index contributed by atoms with van der Waals surface area (Å²) in [4.78, 5) is 26.0. The van der Waals surface area contributed by atoms with E-state index in [-0.39, 0.29) is 17.9 Å². The first-order chi connectivity index (χ1) is 9.72. The summed E-state index contributed by atoms with van der Waals surface area (Å²) in [5.74, 6) is 0.305. The van der Waals surface area contributed by atoms with Gasteiger partial charge in [-0.15, -0.1) is 0 Å². The van der Waals surface area contributed by atoms with E-state index in [1.54, 1.807) is 0 Å². The lowest BCUT2D eigenvalue weighted by Gasteiger charge is -2.32. The number of urea groups is 1. The van der Waals surface area contributed by atoms with E-state index in [9.17, 15) is 9.59 Å². The number of piperidine rings is 1. The van der Waals surface area contributed by atoms with E-state index in [0.29, 0.717) is 25.2 Å². The summed E-state index contributed by atoms with van der Waals surface area (Å²) < 4.78 is 0. The molecule has 3 amide bonds. The quantitative estimate of drug-likeness (QED) is 0.825. The molecule has 1 heterocycles. The highest BCUT2D eigenvalue weighted by Gasteiger charge is 2.31. The maximum absolute atomic E-state index is 12.2. The Hall–Kier alpha value is -1.26. The number of amides is 3. The summed E-state index contributed by atoms with van der Waals surface area (Å²) in [6.45, 7) is 1.42. The first-order valence-electron chi connectivity index (χ1n) is 8.08. The second-order valence-electron chi connectivity index (χ2n) is 6.48. The average Bonchev–Trinajstić information content (AvgIpc) is 3.12. The SMILES string of the molecule is O=C(NC1CCCC1)C1CCN(C(=O)NC2CC2)CC1. The number of rotatable bonds is 3. The molecule has 1 saturated heterocycles. The lowest BCUT2D eigenvalue weighted by Crippen LogP contribution is -2.48. The van der Waals surface area contributed by atoms with Gasteiger partial charge in [0.15, 0.2) is 0 Å². The highest BCUT2D eigenvalue weighted by Crippen LogP contribution is 2.23. The molecule has 0 spiro atoms. The number of likely N-dealkylation sites (tertiary alicyclic amines) is 1. The van der Waals surface area contributed by atoms with Gasteiger partial charge in [0.2, 0.25) is 5.91 Å². The molecule has 3 rings (SSSR count). The molecule has 1 aliphatic heterocycles. The molecule has 5 nitrogen and oxygen atoms in total. The summed E-state index contributed by atoms with van der Waals surface area (Å²) in [6, 6.07) is 0.867. The first kappa shape index (κ1) is 13.7. The van der Waals surface area contributed by atoms with Gasteiger partial charge in [-0.05, 0) is 38.5 Å². The second kappa shape index (κ2) is 6.02. The van der Waals surface area contributed by atoms with Crippen molar-refractivity contribution in [3.05, 3.63) is 0 Å². The second-order valence-corrected chi connectivity index (χ2v) is 6.48. The monoisotopic (exact) mass is 279 g/mol. The van der Waals surface area contributed by atoms with Gasteiger partial charge in [0.25, 0.3) is 0 Å². The van der Waals surface area contributed by atoms with Crippen LogP contribution >= 0.6 is 0 Å². The van der Waals surface area contributed by atoms with Crippen molar-refractivity contribution in [2.24, 2.45) is 5.92 Å². The van der Waals surface area contributed by atoms with Crippen molar-refractivity contribution in [1.82, 2.24) is 15.5 Å². The highest BCUT2D eigenvalue weighted by molar-refractivity contribution is 5.80. The minimum Gasteiger partial charge on any atom is -0.353 e. The molecule has 2 N–H and O–H groups in total. The zero-order valence-electron chi connectivity index (χ0n) is 12.1. The Bertz CT molecular complexity index is 367. The summed E-state index contributed by atoms with van der Waals surface area (Å²) >= 11 is 0. The van der Waals surface area contributed by atoms with Crippen LogP contribution in [-0.4, -0.2) is 42.0 Å². The van der Waals surface area contributed by atoms with Gasteiger partial charge in [0, 0.05) is 31.1 Å². The maximum Gasteiger partial charge on any atom is 0.317 e. The zero-order chi connectivity index (χ0) is 13.9. The van der Waals surface area contributed by atoms with Crippen molar-refractivity contribution < 1.29 is 9.59 Å². The van der Waals surface area contributed by atoms with E-state index < -0.39 is 0 Å². The number of hydrogen-bond donors (Lipinski definition) is 2. The molecule has 20 heavy (non-hydrogen) atoms. The van der Waals surface area contributed by atoms with Crippen LogP contribution in [0.25, 0.3) is 0 Å². The topological polar surface area (TPSA) is 61.4 Å². The molecular weight excluding hydrogens is 254 g/mol. The van der Waals surface area contributed by atoms with Crippen LogP contribution < -0.4 is 10.6 Å². The first-order valence-corrected chi connectivity index (χ1v) is 8.08. The Labute approximate surface area is 120 Å². The molecule has 0 aromatic carbocycles. The molecule has 3 fully saturated rings. The van der Waals surface area contributed by atoms with Crippen molar-refractivity contribution in [1.29, 1.82) is 0 Å². The van der Waals surface area contributed by atoms with Crippen molar-refractivity contribution >= 4 is 11.9 Å². The number of nitrogens with zero attached hydrogens (tertiary/aromatic N) is 1. The van der Waals surface area contributed by atoms with Crippen LogP contribution in [0.3, 0.4) is 0 Å².